The van der Waals surface area contributed by atoms with Gasteiger partial charge in [0, 0.05) is 0 Å². The van der Waals surface area contributed by atoms with Gasteiger partial charge in [-0.2, -0.15) is 0 Å². The van der Waals surface area contributed by atoms with Crippen molar-refractivity contribution >= 4 is 33.5 Å². The molecule has 1 fully saturated rings. The summed E-state index contributed by atoms with van der Waals surface area (Å²) in [4.78, 5) is 31.7. The van der Waals surface area contributed by atoms with Crippen molar-refractivity contribution in [3.63, 3.8) is 0 Å². The number of nitrogens with zero attached hydrogens (tertiary/aromatic N) is 2. The number of ether oxygens (including phenoxy) is 1. The van der Waals surface area contributed by atoms with E-state index in [4.69, 9.17) is 4.74 Å². The standard InChI is InChI=1S/C20H19N3O3S/c1-3-20(13-8-10-14(26-2)11-9-13)18(24)23(19(25)22-20)12-17-21-15-6-4-5-7-16(15)27-17/h4-11H,3,12H2,1-2H3,(H,22,25)/t20-/m0/s1. The molecule has 1 aliphatic rings. The number of hydrogen-bond acceptors (Lipinski definition) is 5. The minimum absolute atomic E-state index is 0.169. The first kappa shape index (κ1) is 17.5. The molecule has 3 aromatic rings. The fourth-order valence-corrected chi connectivity index (χ4v) is 4.36. The van der Waals surface area contributed by atoms with Gasteiger partial charge in [-0.05, 0) is 36.2 Å². The lowest BCUT2D eigenvalue weighted by Gasteiger charge is -2.25. The minimum atomic E-state index is -1.06. The van der Waals surface area contributed by atoms with Crippen LogP contribution in [0.15, 0.2) is 48.5 Å². The molecule has 0 saturated carbocycles. The first-order chi connectivity index (χ1) is 13.1. The van der Waals surface area contributed by atoms with Gasteiger partial charge in [-0.15, -0.1) is 11.3 Å². The zero-order valence-electron chi connectivity index (χ0n) is 15.1. The quantitative estimate of drug-likeness (QED) is 0.685. The fourth-order valence-electron chi connectivity index (χ4n) is 3.41. The number of benzene rings is 2. The van der Waals surface area contributed by atoms with Crippen LogP contribution in [0.3, 0.4) is 0 Å². The molecule has 1 saturated heterocycles. The van der Waals surface area contributed by atoms with Crippen LogP contribution in [0.4, 0.5) is 4.79 Å². The average Bonchev–Trinajstić information content (AvgIpc) is 3.22. The van der Waals surface area contributed by atoms with E-state index in [9.17, 15) is 9.59 Å². The van der Waals surface area contributed by atoms with Crippen molar-refractivity contribution in [2.24, 2.45) is 0 Å². The number of carbonyl (C=O) groups excluding carboxylic acids is 2. The molecule has 0 spiro atoms. The zero-order valence-corrected chi connectivity index (χ0v) is 15.9. The Morgan fingerprint density at radius 3 is 2.56 bits per heavy atom. The molecule has 27 heavy (non-hydrogen) atoms. The molecule has 0 unspecified atom stereocenters. The Hall–Kier alpha value is -2.93. The van der Waals surface area contributed by atoms with Gasteiger partial charge in [-0.3, -0.25) is 9.69 Å². The fraction of sp³-hybridized carbons (Fsp3) is 0.250. The summed E-state index contributed by atoms with van der Waals surface area (Å²) >= 11 is 1.50. The van der Waals surface area contributed by atoms with Gasteiger partial charge < -0.3 is 10.1 Å². The molecule has 0 radical (unpaired) electrons. The third-order valence-corrected chi connectivity index (χ3v) is 5.94. The Morgan fingerprint density at radius 1 is 1.15 bits per heavy atom. The number of imide groups is 1. The van der Waals surface area contributed by atoms with Gasteiger partial charge in [0.25, 0.3) is 5.91 Å². The van der Waals surface area contributed by atoms with E-state index >= 15 is 0 Å². The van der Waals surface area contributed by atoms with E-state index in [2.05, 4.69) is 10.3 Å². The van der Waals surface area contributed by atoms with Crippen molar-refractivity contribution in [3.05, 3.63) is 59.1 Å². The highest BCUT2D eigenvalue weighted by Gasteiger charge is 2.51. The summed E-state index contributed by atoms with van der Waals surface area (Å²) in [6.45, 7) is 2.06. The van der Waals surface area contributed by atoms with Crippen LogP contribution in [0.1, 0.15) is 23.9 Å². The summed E-state index contributed by atoms with van der Waals surface area (Å²) < 4.78 is 6.22. The monoisotopic (exact) mass is 381 g/mol. The molecule has 1 N–H and O–H groups in total. The molecule has 1 aromatic heterocycles. The Balaban J connectivity index is 1.65. The summed E-state index contributed by atoms with van der Waals surface area (Å²) in [6.07, 6.45) is 0.459. The van der Waals surface area contributed by atoms with E-state index in [-0.39, 0.29) is 12.5 Å². The molecule has 2 heterocycles. The van der Waals surface area contributed by atoms with E-state index < -0.39 is 11.6 Å². The van der Waals surface area contributed by atoms with E-state index in [0.717, 1.165) is 20.8 Å². The lowest BCUT2D eigenvalue weighted by Crippen LogP contribution is -2.43. The van der Waals surface area contributed by atoms with E-state index in [0.29, 0.717) is 12.2 Å². The molecule has 4 rings (SSSR count). The number of nitrogens with one attached hydrogen (secondary N) is 1. The summed E-state index contributed by atoms with van der Waals surface area (Å²) in [7, 11) is 1.59. The van der Waals surface area contributed by atoms with Crippen LogP contribution < -0.4 is 10.1 Å². The number of methoxy groups -OCH3 is 1. The molecular formula is C20H19N3O3S. The Bertz CT molecular complexity index is 982. The highest BCUT2D eigenvalue weighted by molar-refractivity contribution is 7.18. The highest BCUT2D eigenvalue weighted by atomic mass is 32.1. The molecule has 6 nitrogen and oxygen atoms in total. The van der Waals surface area contributed by atoms with E-state index in [1.807, 2.05) is 43.3 Å². The highest BCUT2D eigenvalue weighted by Crippen LogP contribution is 2.34. The van der Waals surface area contributed by atoms with Crippen molar-refractivity contribution in [3.8, 4) is 5.75 Å². The minimum Gasteiger partial charge on any atom is -0.497 e. The van der Waals surface area contributed by atoms with E-state index in [1.165, 1.54) is 16.2 Å². The number of hydrogen-bond donors (Lipinski definition) is 1. The molecule has 3 amide bonds. The number of fused-ring (bicyclic) bond motifs is 1. The first-order valence-electron chi connectivity index (χ1n) is 8.70. The number of amides is 3. The Labute approximate surface area is 160 Å². The SMILES string of the molecule is CC[C@@]1(c2ccc(OC)cc2)NC(=O)N(Cc2nc3ccccc3s2)C1=O. The Kier molecular flexibility index (Phi) is 4.31. The summed E-state index contributed by atoms with van der Waals surface area (Å²) in [5.41, 5.74) is 0.567. The van der Waals surface area contributed by atoms with Crippen LogP contribution in [0.2, 0.25) is 0 Å². The van der Waals surface area contributed by atoms with Crippen LogP contribution in [-0.2, 0) is 16.9 Å². The maximum absolute atomic E-state index is 13.2. The molecule has 7 heteroatoms. The second kappa shape index (κ2) is 6.66. The summed E-state index contributed by atoms with van der Waals surface area (Å²) in [6, 6.07) is 14.6. The third-order valence-electron chi connectivity index (χ3n) is 4.92. The van der Waals surface area contributed by atoms with Gasteiger partial charge in [0.2, 0.25) is 0 Å². The van der Waals surface area contributed by atoms with Gasteiger partial charge >= 0.3 is 6.03 Å². The van der Waals surface area contributed by atoms with Crippen molar-refractivity contribution in [1.29, 1.82) is 0 Å². The number of carbonyl (C=O) groups is 2. The largest absolute Gasteiger partial charge is 0.497 e. The normalized spacial score (nSPS) is 19.6. The molecule has 0 aliphatic carbocycles. The summed E-state index contributed by atoms with van der Waals surface area (Å²) in [5.74, 6) is 0.451. The summed E-state index contributed by atoms with van der Waals surface area (Å²) in [5, 5.41) is 3.64. The second-order valence-electron chi connectivity index (χ2n) is 6.38. The van der Waals surface area contributed by atoms with Crippen LogP contribution in [-0.4, -0.2) is 28.9 Å². The number of urea groups is 1. The number of rotatable bonds is 5. The van der Waals surface area contributed by atoms with Crippen LogP contribution in [0.25, 0.3) is 10.2 Å². The topological polar surface area (TPSA) is 71.5 Å². The van der Waals surface area contributed by atoms with E-state index in [1.54, 1.807) is 19.2 Å². The van der Waals surface area contributed by atoms with Gasteiger partial charge in [0.15, 0.2) is 0 Å². The third kappa shape index (κ3) is 2.84. The maximum Gasteiger partial charge on any atom is 0.325 e. The molecule has 1 aliphatic heterocycles. The predicted molar refractivity (Wildman–Crippen MR) is 104 cm³/mol. The predicted octanol–water partition coefficient (Wildman–Crippen LogP) is 3.66. The number of para-hydroxylation sites is 1. The van der Waals surface area contributed by atoms with Crippen molar-refractivity contribution in [1.82, 2.24) is 15.2 Å². The van der Waals surface area contributed by atoms with Gasteiger partial charge in [-0.1, -0.05) is 31.2 Å². The number of thiazole rings is 1. The van der Waals surface area contributed by atoms with Crippen LogP contribution in [0, 0.1) is 0 Å². The van der Waals surface area contributed by atoms with Gasteiger partial charge in [0.05, 0.1) is 23.9 Å². The van der Waals surface area contributed by atoms with Crippen molar-refractivity contribution < 1.29 is 14.3 Å². The smallest absolute Gasteiger partial charge is 0.325 e. The van der Waals surface area contributed by atoms with Gasteiger partial charge in [0.1, 0.15) is 16.3 Å². The van der Waals surface area contributed by atoms with Crippen LogP contribution in [0.5, 0.6) is 5.75 Å². The zero-order chi connectivity index (χ0) is 19.0. The van der Waals surface area contributed by atoms with Crippen LogP contribution >= 0.6 is 11.3 Å². The molecule has 138 valence electrons. The lowest BCUT2D eigenvalue weighted by molar-refractivity contribution is -0.132. The second-order valence-corrected chi connectivity index (χ2v) is 7.50. The maximum atomic E-state index is 13.2. The molecule has 0 bridgehead atoms. The van der Waals surface area contributed by atoms with Crippen molar-refractivity contribution in [2.45, 2.75) is 25.4 Å². The molecule has 1 atom stereocenters. The number of aromatic nitrogens is 1. The first-order valence-corrected chi connectivity index (χ1v) is 9.52. The lowest BCUT2D eigenvalue weighted by atomic mass is 9.87. The molecule has 2 aromatic carbocycles. The molecular weight excluding hydrogens is 362 g/mol. The average molecular weight is 381 g/mol. The van der Waals surface area contributed by atoms with Gasteiger partial charge in [-0.25, -0.2) is 9.78 Å². The van der Waals surface area contributed by atoms with Crippen molar-refractivity contribution in [2.75, 3.05) is 7.11 Å². The Morgan fingerprint density at radius 2 is 1.89 bits per heavy atom.